The Kier molecular flexibility index (Phi) is 6.74. The second-order valence-electron chi connectivity index (χ2n) is 8.51. The summed E-state index contributed by atoms with van der Waals surface area (Å²) >= 11 is 7.56. The fourth-order valence-electron chi connectivity index (χ4n) is 4.42. The van der Waals surface area contributed by atoms with Gasteiger partial charge in [-0.05, 0) is 55.0 Å². The largest absolute Gasteiger partial charge is 0.482 e. The highest BCUT2D eigenvalue weighted by Crippen LogP contribution is 2.39. The van der Waals surface area contributed by atoms with E-state index in [2.05, 4.69) is 10.6 Å². The maximum atomic E-state index is 13.2. The summed E-state index contributed by atoms with van der Waals surface area (Å²) < 4.78 is 5.46. The molecular weight excluding hydrogens is 486 g/mol. The van der Waals surface area contributed by atoms with Gasteiger partial charge in [0.2, 0.25) is 5.91 Å². The molecule has 3 aromatic rings. The number of thiophene rings is 1. The van der Waals surface area contributed by atoms with E-state index >= 15 is 0 Å². The first kappa shape index (κ1) is 23.4. The zero-order valence-corrected chi connectivity index (χ0v) is 20.5. The Balaban J connectivity index is 1.36. The summed E-state index contributed by atoms with van der Waals surface area (Å²) in [6.07, 6.45) is 3.77. The van der Waals surface area contributed by atoms with Crippen molar-refractivity contribution in [1.29, 1.82) is 0 Å². The van der Waals surface area contributed by atoms with Gasteiger partial charge in [0.05, 0.1) is 11.3 Å². The van der Waals surface area contributed by atoms with Crippen LogP contribution in [0.4, 0.5) is 10.7 Å². The highest BCUT2D eigenvalue weighted by atomic mass is 35.5. The normalized spacial score (nSPS) is 14.5. The van der Waals surface area contributed by atoms with E-state index in [0.29, 0.717) is 33.6 Å². The number of amides is 3. The van der Waals surface area contributed by atoms with Crippen LogP contribution in [0, 0.1) is 0 Å². The van der Waals surface area contributed by atoms with E-state index in [1.807, 2.05) is 30.3 Å². The SMILES string of the molecule is O=C(CN1C(=O)COc2ccc(Cl)cc21)Nc1sc2c(c1C(=O)NCc1ccccc1)CCCC2. The molecular formula is C26H24ClN3O4S. The number of fused-ring (bicyclic) bond motifs is 2. The van der Waals surface area contributed by atoms with Gasteiger partial charge in [0.25, 0.3) is 11.8 Å². The molecule has 5 rings (SSSR count). The molecule has 3 amide bonds. The molecule has 0 saturated heterocycles. The lowest BCUT2D eigenvalue weighted by Gasteiger charge is -2.29. The average Bonchev–Trinajstić information content (AvgIpc) is 3.22. The van der Waals surface area contributed by atoms with Crippen molar-refractivity contribution in [2.75, 3.05) is 23.4 Å². The van der Waals surface area contributed by atoms with Gasteiger partial charge in [0.1, 0.15) is 17.3 Å². The summed E-state index contributed by atoms with van der Waals surface area (Å²) in [5, 5.41) is 6.87. The second-order valence-corrected chi connectivity index (χ2v) is 10.1. The minimum atomic E-state index is -0.387. The zero-order valence-electron chi connectivity index (χ0n) is 18.9. The molecule has 2 N–H and O–H groups in total. The number of benzene rings is 2. The van der Waals surface area contributed by atoms with Crippen LogP contribution >= 0.6 is 22.9 Å². The number of aryl methyl sites for hydroxylation is 1. The van der Waals surface area contributed by atoms with Gasteiger partial charge < -0.3 is 15.4 Å². The van der Waals surface area contributed by atoms with Gasteiger partial charge in [0, 0.05) is 16.4 Å². The number of carbonyl (C=O) groups excluding carboxylic acids is 3. The number of nitrogens with one attached hydrogen (secondary N) is 2. The van der Waals surface area contributed by atoms with Gasteiger partial charge in [-0.2, -0.15) is 0 Å². The van der Waals surface area contributed by atoms with Crippen LogP contribution in [0.3, 0.4) is 0 Å². The fraction of sp³-hybridized carbons (Fsp3) is 0.269. The van der Waals surface area contributed by atoms with Crippen molar-refractivity contribution in [2.45, 2.75) is 32.2 Å². The van der Waals surface area contributed by atoms with E-state index in [1.54, 1.807) is 18.2 Å². The van der Waals surface area contributed by atoms with Gasteiger partial charge in [-0.3, -0.25) is 19.3 Å². The van der Waals surface area contributed by atoms with Gasteiger partial charge >= 0.3 is 0 Å². The van der Waals surface area contributed by atoms with Crippen molar-refractivity contribution in [2.24, 2.45) is 0 Å². The van der Waals surface area contributed by atoms with Crippen molar-refractivity contribution in [1.82, 2.24) is 5.32 Å². The summed E-state index contributed by atoms with van der Waals surface area (Å²) in [5.74, 6) is -0.430. The van der Waals surface area contributed by atoms with Gasteiger partial charge in [-0.1, -0.05) is 41.9 Å². The summed E-state index contributed by atoms with van der Waals surface area (Å²) in [7, 11) is 0. The van der Waals surface area contributed by atoms with Crippen LogP contribution in [-0.4, -0.2) is 30.9 Å². The standard InChI is InChI=1S/C26H24ClN3O4S/c27-17-10-11-20-19(12-17)30(23(32)15-34-20)14-22(31)29-26-24(18-8-4-5-9-21(18)35-26)25(33)28-13-16-6-2-1-3-7-16/h1-3,6-7,10-12H,4-5,8-9,13-15H2,(H,28,33)(H,29,31). The van der Waals surface area contributed by atoms with Crippen molar-refractivity contribution >= 4 is 51.3 Å². The Morgan fingerprint density at radius 1 is 1.09 bits per heavy atom. The summed E-state index contributed by atoms with van der Waals surface area (Å²) in [4.78, 5) is 41.4. The maximum absolute atomic E-state index is 13.2. The third-order valence-electron chi connectivity index (χ3n) is 6.11. The average molecular weight is 510 g/mol. The molecule has 0 bridgehead atoms. The van der Waals surface area contributed by atoms with Gasteiger partial charge in [-0.25, -0.2) is 0 Å². The minimum absolute atomic E-state index is 0.150. The van der Waals surface area contributed by atoms with E-state index in [-0.39, 0.29) is 30.9 Å². The van der Waals surface area contributed by atoms with Crippen LogP contribution in [0.15, 0.2) is 48.5 Å². The molecule has 0 fully saturated rings. The molecule has 0 spiro atoms. The van der Waals surface area contributed by atoms with Crippen LogP contribution in [0.5, 0.6) is 5.75 Å². The molecule has 7 nitrogen and oxygen atoms in total. The van der Waals surface area contributed by atoms with E-state index < -0.39 is 0 Å². The lowest BCUT2D eigenvalue weighted by molar-refractivity contribution is -0.123. The molecule has 0 unspecified atom stereocenters. The second kappa shape index (κ2) is 10.1. The summed E-state index contributed by atoms with van der Waals surface area (Å²) in [6, 6.07) is 14.6. The Hall–Kier alpha value is -3.36. The number of carbonyl (C=O) groups is 3. The third-order valence-corrected chi connectivity index (χ3v) is 7.56. The Morgan fingerprint density at radius 2 is 1.89 bits per heavy atom. The Labute approximate surface area is 212 Å². The van der Waals surface area contributed by atoms with Crippen LogP contribution in [0.1, 0.15) is 39.2 Å². The quantitative estimate of drug-likeness (QED) is 0.509. The van der Waals surface area contributed by atoms with Crippen LogP contribution < -0.4 is 20.3 Å². The molecule has 2 heterocycles. The zero-order chi connectivity index (χ0) is 24.4. The molecule has 2 aromatic carbocycles. The number of ether oxygens (including phenoxy) is 1. The van der Waals surface area contributed by atoms with E-state index in [1.165, 1.54) is 16.2 Å². The van der Waals surface area contributed by atoms with Gasteiger partial charge in [-0.15, -0.1) is 11.3 Å². The number of nitrogens with zero attached hydrogens (tertiary/aromatic N) is 1. The monoisotopic (exact) mass is 509 g/mol. The number of rotatable bonds is 6. The van der Waals surface area contributed by atoms with Crippen molar-refractivity contribution in [3.63, 3.8) is 0 Å². The van der Waals surface area contributed by atoms with Crippen molar-refractivity contribution in [3.8, 4) is 5.75 Å². The van der Waals surface area contributed by atoms with Gasteiger partial charge in [0.15, 0.2) is 6.61 Å². The third kappa shape index (κ3) is 5.04. The van der Waals surface area contributed by atoms with Crippen molar-refractivity contribution in [3.05, 3.63) is 75.1 Å². The highest BCUT2D eigenvalue weighted by Gasteiger charge is 2.30. The lowest BCUT2D eigenvalue weighted by atomic mass is 9.95. The lowest BCUT2D eigenvalue weighted by Crippen LogP contribution is -2.43. The smallest absolute Gasteiger partial charge is 0.265 e. The molecule has 0 radical (unpaired) electrons. The summed E-state index contributed by atoms with van der Waals surface area (Å²) in [6.45, 7) is 0.0447. The maximum Gasteiger partial charge on any atom is 0.265 e. The molecule has 1 aromatic heterocycles. The Bertz CT molecular complexity index is 1290. The molecule has 0 saturated carbocycles. The van der Waals surface area contributed by atoms with Crippen LogP contribution in [-0.2, 0) is 29.0 Å². The molecule has 0 atom stereocenters. The Morgan fingerprint density at radius 3 is 2.71 bits per heavy atom. The number of hydrogen-bond donors (Lipinski definition) is 2. The minimum Gasteiger partial charge on any atom is -0.482 e. The fourth-order valence-corrected chi connectivity index (χ4v) is 5.89. The molecule has 35 heavy (non-hydrogen) atoms. The molecule has 9 heteroatoms. The first-order chi connectivity index (χ1) is 17.0. The van der Waals surface area contributed by atoms with E-state index in [9.17, 15) is 14.4 Å². The first-order valence-electron chi connectivity index (χ1n) is 11.5. The molecule has 1 aliphatic heterocycles. The molecule has 2 aliphatic rings. The predicted molar refractivity (Wildman–Crippen MR) is 137 cm³/mol. The highest BCUT2D eigenvalue weighted by molar-refractivity contribution is 7.17. The summed E-state index contributed by atoms with van der Waals surface area (Å²) in [5.41, 5.74) is 3.00. The molecule has 180 valence electrons. The first-order valence-corrected chi connectivity index (χ1v) is 12.7. The molecule has 1 aliphatic carbocycles. The van der Waals surface area contributed by atoms with E-state index in [4.69, 9.17) is 16.3 Å². The number of halogens is 1. The number of anilines is 2. The predicted octanol–water partition coefficient (Wildman–Crippen LogP) is 4.57. The van der Waals surface area contributed by atoms with Crippen LogP contribution in [0.25, 0.3) is 0 Å². The van der Waals surface area contributed by atoms with Crippen LogP contribution in [0.2, 0.25) is 5.02 Å². The topological polar surface area (TPSA) is 87.7 Å². The number of hydrogen-bond acceptors (Lipinski definition) is 5. The van der Waals surface area contributed by atoms with E-state index in [0.717, 1.165) is 41.7 Å². The van der Waals surface area contributed by atoms with Crippen molar-refractivity contribution < 1.29 is 19.1 Å².